The van der Waals surface area contributed by atoms with E-state index in [1.807, 2.05) is 0 Å². The summed E-state index contributed by atoms with van der Waals surface area (Å²) in [5.74, 6) is -1.65. The normalized spacial score (nSPS) is 12.2. The van der Waals surface area contributed by atoms with Gasteiger partial charge in [0.15, 0.2) is 16.2 Å². The van der Waals surface area contributed by atoms with Crippen LogP contribution in [0.1, 0.15) is 16.7 Å². The van der Waals surface area contributed by atoms with Gasteiger partial charge in [-0.3, -0.25) is 4.55 Å². The number of hydrogen-bond acceptors (Lipinski definition) is 4. The average Bonchev–Trinajstić information content (AvgIpc) is 2.64. The van der Waals surface area contributed by atoms with E-state index in [4.69, 9.17) is 46.4 Å². The Hall–Kier alpha value is -1.67. The van der Waals surface area contributed by atoms with Gasteiger partial charge in [0.2, 0.25) is 0 Å². The highest BCUT2D eigenvalue weighted by Crippen LogP contribution is 2.55. The molecule has 5 nitrogen and oxygen atoms in total. The first-order chi connectivity index (χ1) is 13.5. The summed E-state index contributed by atoms with van der Waals surface area (Å²) < 4.78 is 34.0. The second-order valence-corrected chi connectivity index (χ2v) is 9.19. The molecular formula is C19H12Cl4O5S. The Labute approximate surface area is 186 Å². The number of hydrogen-bond donors (Lipinski definition) is 3. The van der Waals surface area contributed by atoms with Crippen molar-refractivity contribution in [3.8, 4) is 11.5 Å². The Morgan fingerprint density at radius 3 is 1.62 bits per heavy atom. The molecule has 0 aliphatic carbocycles. The first-order valence-electron chi connectivity index (χ1n) is 7.91. The fraction of sp³-hybridized carbons (Fsp3) is 0.0526. The molecular weight excluding hydrogens is 482 g/mol. The van der Waals surface area contributed by atoms with Gasteiger partial charge in [-0.25, -0.2) is 0 Å². The van der Waals surface area contributed by atoms with Gasteiger partial charge in [0.05, 0.1) is 15.6 Å². The third-order valence-corrected chi connectivity index (χ3v) is 7.28. The second-order valence-electron chi connectivity index (χ2n) is 6.03. The van der Waals surface area contributed by atoms with E-state index in [-0.39, 0.29) is 26.2 Å². The maximum absolute atomic E-state index is 13.0. The highest BCUT2D eigenvalue weighted by Gasteiger charge is 2.54. The van der Waals surface area contributed by atoms with Gasteiger partial charge in [-0.2, -0.15) is 8.42 Å². The number of phenolic OH excluding ortho intramolecular Hbond substituents is 2. The first kappa shape index (κ1) is 22.0. The van der Waals surface area contributed by atoms with E-state index in [2.05, 4.69) is 0 Å². The van der Waals surface area contributed by atoms with Crippen LogP contribution in [-0.2, 0) is 14.9 Å². The lowest BCUT2D eigenvalue weighted by Gasteiger charge is -2.35. The van der Waals surface area contributed by atoms with Gasteiger partial charge in [0, 0.05) is 27.2 Å². The average molecular weight is 494 g/mol. The third kappa shape index (κ3) is 3.44. The van der Waals surface area contributed by atoms with Crippen LogP contribution < -0.4 is 0 Å². The van der Waals surface area contributed by atoms with Crippen molar-refractivity contribution in [2.45, 2.75) is 4.75 Å². The van der Waals surface area contributed by atoms with Gasteiger partial charge >= 0.3 is 0 Å². The Morgan fingerprint density at radius 2 is 1.21 bits per heavy atom. The van der Waals surface area contributed by atoms with Gasteiger partial charge in [-0.05, 0) is 12.1 Å². The molecule has 0 heterocycles. The van der Waals surface area contributed by atoms with Crippen molar-refractivity contribution < 1.29 is 23.2 Å². The molecule has 3 aromatic carbocycles. The van der Waals surface area contributed by atoms with Crippen molar-refractivity contribution in [2.24, 2.45) is 0 Å². The highest BCUT2D eigenvalue weighted by atomic mass is 35.5. The molecule has 0 unspecified atom stereocenters. The van der Waals surface area contributed by atoms with Crippen LogP contribution in [0.25, 0.3) is 0 Å². The van der Waals surface area contributed by atoms with E-state index in [1.165, 1.54) is 36.4 Å². The smallest absolute Gasteiger partial charge is 0.283 e. The van der Waals surface area contributed by atoms with E-state index >= 15 is 0 Å². The summed E-state index contributed by atoms with van der Waals surface area (Å²) in [7, 11) is -5.19. The van der Waals surface area contributed by atoms with Crippen LogP contribution in [0.3, 0.4) is 0 Å². The number of halogens is 4. The molecule has 0 aliphatic rings. The summed E-state index contributed by atoms with van der Waals surface area (Å²) in [6.45, 7) is 0. The van der Waals surface area contributed by atoms with E-state index in [0.29, 0.717) is 0 Å². The number of phenols is 2. The van der Waals surface area contributed by atoms with Crippen molar-refractivity contribution in [3.63, 3.8) is 0 Å². The molecule has 0 radical (unpaired) electrons. The zero-order chi connectivity index (χ0) is 21.6. The number of benzene rings is 3. The van der Waals surface area contributed by atoms with Crippen molar-refractivity contribution in [1.82, 2.24) is 0 Å². The minimum Gasteiger partial charge on any atom is -0.504 e. The molecule has 0 bridgehead atoms. The molecule has 0 amide bonds. The zero-order valence-electron chi connectivity index (χ0n) is 14.3. The molecule has 0 aliphatic heterocycles. The van der Waals surface area contributed by atoms with Crippen LogP contribution in [0.4, 0.5) is 0 Å². The molecule has 0 fully saturated rings. The van der Waals surface area contributed by atoms with E-state index in [0.717, 1.165) is 6.07 Å². The number of rotatable bonds is 4. The Morgan fingerprint density at radius 1 is 0.759 bits per heavy atom. The fourth-order valence-electron chi connectivity index (χ4n) is 3.24. The topological polar surface area (TPSA) is 94.8 Å². The first-order valence-corrected chi connectivity index (χ1v) is 10.9. The van der Waals surface area contributed by atoms with Crippen LogP contribution in [0.5, 0.6) is 11.5 Å². The minimum absolute atomic E-state index is 0.0695. The fourth-order valence-corrected chi connectivity index (χ4v) is 5.81. The lowest BCUT2D eigenvalue weighted by molar-refractivity contribution is 0.394. The third-order valence-electron chi connectivity index (χ3n) is 4.42. The monoisotopic (exact) mass is 492 g/mol. The van der Waals surface area contributed by atoms with Gasteiger partial charge in [0.1, 0.15) is 0 Å². The molecule has 0 aromatic heterocycles. The molecule has 29 heavy (non-hydrogen) atoms. The van der Waals surface area contributed by atoms with Crippen molar-refractivity contribution in [1.29, 1.82) is 0 Å². The second kappa shape index (κ2) is 7.87. The summed E-state index contributed by atoms with van der Waals surface area (Å²) in [5.41, 5.74) is -0.903. The molecule has 0 saturated heterocycles. The molecule has 0 spiro atoms. The van der Waals surface area contributed by atoms with Gasteiger partial charge < -0.3 is 10.2 Å². The summed E-state index contributed by atoms with van der Waals surface area (Å²) in [6.07, 6.45) is 0. The molecule has 0 saturated carbocycles. The molecule has 3 N–H and O–H groups in total. The van der Waals surface area contributed by atoms with E-state index < -0.39 is 37.0 Å². The van der Waals surface area contributed by atoms with Crippen molar-refractivity contribution >= 4 is 56.5 Å². The molecule has 152 valence electrons. The van der Waals surface area contributed by atoms with Crippen LogP contribution >= 0.6 is 46.4 Å². The highest BCUT2D eigenvalue weighted by molar-refractivity contribution is 7.87. The summed E-state index contributed by atoms with van der Waals surface area (Å²) in [4.78, 5) is 0. The van der Waals surface area contributed by atoms with E-state index in [9.17, 15) is 23.2 Å². The molecule has 3 aromatic rings. The van der Waals surface area contributed by atoms with E-state index in [1.54, 1.807) is 12.1 Å². The summed E-state index contributed by atoms with van der Waals surface area (Å²) in [6, 6.07) is 12.4. The molecule has 0 atom stereocenters. The Balaban J connectivity index is 2.72. The SMILES string of the molecule is O=S(=O)(O)C(c1ccccc1Cl)(c1ccccc1Cl)c1c(O)c(O)cc(Cl)c1Cl. The van der Waals surface area contributed by atoms with Gasteiger partial charge in [-0.15, -0.1) is 0 Å². The van der Waals surface area contributed by atoms with Crippen LogP contribution in [0.2, 0.25) is 20.1 Å². The standard InChI is InChI=1S/C19H12Cl4O5S/c20-12-7-3-1-5-10(12)19(29(26,27)28,11-6-2-4-8-13(11)21)16-17(23)14(22)9-15(24)18(16)25/h1-9,24-25H,(H,26,27,28). The summed E-state index contributed by atoms with van der Waals surface area (Å²) >= 11 is 25.0. The summed E-state index contributed by atoms with van der Waals surface area (Å²) in [5, 5.41) is 20.0. The van der Waals surface area contributed by atoms with Gasteiger partial charge in [-0.1, -0.05) is 82.8 Å². The quantitative estimate of drug-likeness (QED) is 0.239. The number of aromatic hydroxyl groups is 2. The van der Waals surface area contributed by atoms with Crippen LogP contribution in [0.15, 0.2) is 54.6 Å². The Bertz CT molecular complexity index is 1140. The molecule has 3 rings (SSSR count). The Kier molecular flexibility index (Phi) is 5.98. The molecule has 10 heteroatoms. The minimum atomic E-state index is -5.19. The largest absolute Gasteiger partial charge is 0.504 e. The maximum Gasteiger partial charge on any atom is 0.283 e. The maximum atomic E-state index is 13.0. The predicted octanol–water partition coefficient (Wildman–Crippen LogP) is 5.89. The van der Waals surface area contributed by atoms with Gasteiger partial charge in [0.25, 0.3) is 10.1 Å². The van der Waals surface area contributed by atoms with Crippen molar-refractivity contribution in [2.75, 3.05) is 0 Å². The lowest BCUT2D eigenvalue weighted by atomic mass is 9.83. The van der Waals surface area contributed by atoms with Crippen LogP contribution in [-0.4, -0.2) is 23.2 Å². The van der Waals surface area contributed by atoms with Crippen LogP contribution in [0, 0.1) is 0 Å². The predicted molar refractivity (Wildman–Crippen MR) is 114 cm³/mol. The zero-order valence-corrected chi connectivity index (χ0v) is 18.1. The lowest BCUT2D eigenvalue weighted by Crippen LogP contribution is -2.39. The van der Waals surface area contributed by atoms with Crippen molar-refractivity contribution in [3.05, 3.63) is 91.4 Å².